The number of non-ortho nitro benzene ring substituents is 1. The first-order valence-corrected chi connectivity index (χ1v) is 6.75. The van der Waals surface area contributed by atoms with Gasteiger partial charge in [-0.3, -0.25) is 10.1 Å². The van der Waals surface area contributed by atoms with Crippen molar-refractivity contribution in [2.45, 2.75) is 0 Å². The lowest BCUT2D eigenvalue weighted by molar-refractivity contribution is -0.384. The van der Waals surface area contributed by atoms with Gasteiger partial charge in [-0.05, 0) is 23.8 Å². The third-order valence-electron chi connectivity index (χ3n) is 3.32. The van der Waals surface area contributed by atoms with Crippen molar-refractivity contribution < 1.29 is 4.92 Å². The summed E-state index contributed by atoms with van der Waals surface area (Å²) in [6, 6.07) is 14.7. The number of nitrogen functional groups attached to an aromatic ring is 1. The number of rotatable bonds is 3. The van der Waals surface area contributed by atoms with Crippen molar-refractivity contribution in [2.24, 2.45) is 0 Å². The predicted octanol–water partition coefficient (Wildman–Crippen LogP) is 2.59. The molecule has 3 aromatic rings. The molecule has 0 bridgehead atoms. The van der Waals surface area contributed by atoms with Crippen LogP contribution in [0, 0.1) is 10.1 Å². The van der Waals surface area contributed by atoms with E-state index >= 15 is 0 Å². The van der Waals surface area contributed by atoms with Crippen LogP contribution in [-0.2, 0) is 0 Å². The zero-order valence-electron chi connectivity index (χ0n) is 11.9. The maximum absolute atomic E-state index is 11.8. The number of aromatic amines is 1. The summed E-state index contributed by atoms with van der Waals surface area (Å²) in [6.07, 6.45) is 0. The Morgan fingerprint density at radius 2 is 1.78 bits per heavy atom. The van der Waals surface area contributed by atoms with E-state index in [1.807, 2.05) is 0 Å². The van der Waals surface area contributed by atoms with E-state index in [2.05, 4.69) is 9.97 Å². The minimum atomic E-state index is -0.527. The van der Waals surface area contributed by atoms with E-state index in [-0.39, 0.29) is 5.69 Å². The second-order valence-electron chi connectivity index (χ2n) is 4.91. The van der Waals surface area contributed by atoms with Crippen molar-refractivity contribution in [2.75, 3.05) is 5.73 Å². The molecule has 114 valence electrons. The molecule has 0 saturated heterocycles. The van der Waals surface area contributed by atoms with Crippen LogP contribution in [0.1, 0.15) is 0 Å². The summed E-state index contributed by atoms with van der Waals surface area (Å²) in [5, 5.41) is 10.9. The maximum Gasteiger partial charge on any atom is 0.345 e. The van der Waals surface area contributed by atoms with Gasteiger partial charge in [-0.25, -0.2) is 4.79 Å². The highest BCUT2D eigenvalue weighted by Gasteiger charge is 2.10. The van der Waals surface area contributed by atoms with Gasteiger partial charge >= 0.3 is 5.69 Å². The first-order chi connectivity index (χ1) is 11.0. The number of hydrogen-bond donors (Lipinski definition) is 2. The van der Waals surface area contributed by atoms with Gasteiger partial charge in [0.25, 0.3) is 5.69 Å². The molecular formula is C16H12N4O3. The van der Waals surface area contributed by atoms with E-state index in [4.69, 9.17) is 5.73 Å². The van der Waals surface area contributed by atoms with E-state index in [0.29, 0.717) is 22.6 Å². The van der Waals surface area contributed by atoms with E-state index in [9.17, 15) is 14.9 Å². The van der Waals surface area contributed by atoms with E-state index in [0.717, 1.165) is 5.56 Å². The fourth-order valence-electron chi connectivity index (χ4n) is 2.20. The van der Waals surface area contributed by atoms with Gasteiger partial charge in [-0.2, -0.15) is 4.98 Å². The number of nitro benzene ring substituents is 1. The number of hydrogen-bond acceptors (Lipinski definition) is 5. The summed E-state index contributed by atoms with van der Waals surface area (Å²) in [7, 11) is 0. The lowest BCUT2D eigenvalue weighted by Crippen LogP contribution is -2.12. The predicted molar refractivity (Wildman–Crippen MR) is 86.8 cm³/mol. The number of anilines is 1. The fourth-order valence-corrected chi connectivity index (χ4v) is 2.20. The van der Waals surface area contributed by atoms with Crippen LogP contribution < -0.4 is 11.4 Å². The minimum absolute atomic E-state index is 0.0568. The summed E-state index contributed by atoms with van der Waals surface area (Å²) >= 11 is 0. The molecule has 1 heterocycles. The first kappa shape index (κ1) is 14.5. The number of H-pyrrole nitrogens is 1. The molecule has 0 aliphatic rings. The first-order valence-electron chi connectivity index (χ1n) is 6.75. The van der Waals surface area contributed by atoms with Gasteiger partial charge in [0.05, 0.1) is 16.3 Å². The molecule has 0 aliphatic carbocycles. The summed E-state index contributed by atoms with van der Waals surface area (Å²) in [6.45, 7) is 0. The molecule has 3 rings (SSSR count). The third-order valence-corrected chi connectivity index (χ3v) is 3.32. The highest BCUT2D eigenvalue weighted by molar-refractivity contribution is 5.69. The molecule has 0 saturated carbocycles. The molecule has 7 heteroatoms. The molecule has 0 aliphatic heterocycles. The van der Waals surface area contributed by atoms with Crippen molar-refractivity contribution in [1.29, 1.82) is 0 Å². The summed E-state index contributed by atoms with van der Waals surface area (Å²) in [5.74, 6) is 0. The second-order valence-corrected chi connectivity index (χ2v) is 4.91. The van der Waals surface area contributed by atoms with E-state index in [1.165, 1.54) is 12.1 Å². The van der Waals surface area contributed by atoms with Crippen LogP contribution >= 0.6 is 0 Å². The molecule has 23 heavy (non-hydrogen) atoms. The number of nitrogens with zero attached hydrogens (tertiary/aromatic N) is 2. The Bertz CT molecular complexity index is 933. The van der Waals surface area contributed by atoms with Gasteiger partial charge in [-0.1, -0.05) is 24.3 Å². The molecule has 7 nitrogen and oxygen atoms in total. The average Bonchev–Trinajstić information content (AvgIpc) is 2.55. The Hall–Kier alpha value is -3.48. The summed E-state index contributed by atoms with van der Waals surface area (Å²) in [4.78, 5) is 28.7. The number of nitrogens with two attached hydrogens (primary N) is 1. The standard InChI is InChI=1S/C16H12N4O3/c17-12-6-4-10(5-7-12)14-9-15(19-16(21)18-14)11-2-1-3-13(8-11)20(22)23/h1-9H,17H2,(H,18,19,21). The van der Waals surface area contributed by atoms with Crippen LogP contribution in [0.5, 0.6) is 0 Å². The second kappa shape index (κ2) is 5.72. The number of nitrogens with one attached hydrogen (secondary N) is 1. The smallest absolute Gasteiger partial charge is 0.345 e. The van der Waals surface area contributed by atoms with Gasteiger partial charge in [-0.15, -0.1) is 0 Å². The molecule has 0 fully saturated rings. The Morgan fingerprint density at radius 1 is 1.04 bits per heavy atom. The molecule has 0 unspecified atom stereocenters. The maximum atomic E-state index is 11.8. The van der Waals surface area contributed by atoms with Gasteiger partial charge in [0, 0.05) is 23.4 Å². The minimum Gasteiger partial charge on any atom is -0.399 e. The number of aromatic nitrogens is 2. The highest BCUT2D eigenvalue weighted by Crippen LogP contribution is 2.25. The van der Waals surface area contributed by atoms with Crippen molar-refractivity contribution in [3.63, 3.8) is 0 Å². The molecular weight excluding hydrogens is 296 g/mol. The Balaban J connectivity index is 2.11. The summed E-state index contributed by atoms with van der Waals surface area (Å²) < 4.78 is 0. The van der Waals surface area contributed by atoms with E-state index in [1.54, 1.807) is 42.5 Å². The quantitative estimate of drug-likeness (QED) is 0.438. The van der Waals surface area contributed by atoms with Gasteiger partial charge in [0.2, 0.25) is 0 Å². The van der Waals surface area contributed by atoms with Crippen LogP contribution in [0.25, 0.3) is 22.5 Å². The van der Waals surface area contributed by atoms with Crippen LogP contribution in [0.15, 0.2) is 59.4 Å². The van der Waals surface area contributed by atoms with Gasteiger partial charge < -0.3 is 10.7 Å². The van der Waals surface area contributed by atoms with Crippen LogP contribution in [0.2, 0.25) is 0 Å². The third kappa shape index (κ3) is 3.08. The van der Waals surface area contributed by atoms with Gasteiger partial charge in [0.1, 0.15) is 0 Å². The zero-order chi connectivity index (χ0) is 16.4. The number of nitro groups is 1. The zero-order valence-corrected chi connectivity index (χ0v) is 11.9. The van der Waals surface area contributed by atoms with Crippen LogP contribution in [0.4, 0.5) is 11.4 Å². The van der Waals surface area contributed by atoms with E-state index < -0.39 is 10.6 Å². The molecule has 0 spiro atoms. The summed E-state index contributed by atoms with van der Waals surface area (Å²) in [5.41, 5.74) is 7.88. The Morgan fingerprint density at radius 3 is 2.48 bits per heavy atom. The SMILES string of the molecule is Nc1ccc(-c2cc(-c3cccc([N+](=O)[O-])c3)nc(=O)[nH]2)cc1. The van der Waals surface area contributed by atoms with Gasteiger partial charge in [0.15, 0.2) is 0 Å². The average molecular weight is 308 g/mol. The van der Waals surface area contributed by atoms with Crippen LogP contribution in [0.3, 0.4) is 0 Å². The lowest BCUT2D eigenvalue weighted by Gasteiger charge is -2.05. The van der Waals surface area contributed by atoms with Crippen molar-refractivity contribution in [3.05, 3.63) is 75.2 Å². The molecule has 0 atom stereocenters. The molecule has 0 amide bonds. The van der Waals surface area contributed by atoms with Crippen molar-refractivity contribution in [1.82, 2.24) is 9.97 Å². The van der Waals surface area contributed by atoms with Crippen molar-refractivity contribution in [3.8, 4) is 22.5 Å². The topological polar surface area (TPSA) is 115 Å². The largest absolute Gasteiger partial charge is 0.399 e. The van der Waals surface area contributed by atoms with Crippen molar-refractivity contribution >= 4 is 11.4 Å². The Kier molecular flexibility index (Phi) is 3.60. The molecule has 2 aromatic carbocycles. The fraction of sp³-hybridized carbons (Fsp3) is 0. The molecule has 0 radical (unpaired) electrons. The monoisotopic (exact) mass is 308 g/mol. The molecule has 1 aromatic heterocycles. The van der Waals surface area contributed by atoms with Crippen LogP contribution in [-0.4, -0.2) is 14.9 Å². The number of benzene rings is 2. The highest BCUT2D eigenvalue weighted by atomic mass is 16.6. The Labute approximate surface area is 130 Å². The molecule has 3 N–H and O–H groups in total. The lowest BCUT2D eigenvalue weighted by atomic mass is 10.1. The normalized spacial score (nSPS) is 10.4.